The predicted molar refractivity (Wildman–Crippen MR) is 81.4 cm³/mol. The van der Waals surface area contributed by atoms with Gasteiger partial charge in [0.2, 0.25) is 5.91 Å². The second kappa shape index (κ2) is 6.74. The van der Waals surface area contributed by atoms with E-state index in [0.29, 0.717) is 22.7 Å². The van der Waals surface area contributed by atoms with Gasteiger partial charge in [0.1, 0.15) is 0 Å². The van der Waals surface area contributed by atoms with Crippen molar-refractivity contribution in [3.8, 4) is 6.07 Å². The molecule has 0 aliphatic carbocycles. The van der Waals surface area contributed by atoms with Crippen LogP contribution in [-0.2, 0) is 4.79 Å². The first-order chi connectivity index (χ1) is 9.26. The van der Waals surface area contributed by atoms with Crippen molar-refractivity contribution in [3.63, 3.8) is 0 Å². The van der Waals surface area contributed by atoms with Crippen molar-refractivity contribution in [1.82, 2.24) is 0 Å². The third-order valence-electron chi connectivity index (χ3n) is 2.87. The molecule has 1 aromatic rings. The van der Waals surface area contributed by atoms with Gasteiger partial charge in [0.15, 0.2) is 0 Å². The highest BCUT2D eigenvalue weighted by molar-refractivity contribution is 6.33. The van der Waals surface area contributed by atoms with Gasteiger partial charge in [-0.25, -0.2) is 0 Å². The van der Waals surface area contributed by atoms with Crippen molar-refractivity contribution in [2.75, 3.05) is 11.9 Å². The second-order valence-electron chi connectivity index (χ2n) is 5.99. The van der Waals surface area contributed by atoms with E-state index in [1.165, 1.54) is 6.07 Å². The first-order valence-corrected chi connectivity index (χ1v) is 6.85. The van der Waals surface area contributed by atoms with Gasteiger partial charge in [0, 0.05) is 6.54 Å². The molecule has 1 aromatic carbocycles. The molecular formula is C15H20ClN3O. The Bertz CT molecular complexity index is 529. The normalized spacial score (nSPS) is 12.6. The van der Waals surface area contributed by atoms with Gasteiger partial charge in [-0.05, 0) is 30.0 Å². The van der Waals surface area contributed by atoms with Crippen molar-refractivity contribution in [3.05, 3.63) is 28.8 Å². The highest BCUT2D eigenvalue weighted by Gasteiger charge is 2.24. The largest absolute Gasteiger partial charge is 0.330 e. The minimum atomic E-state index is -0.262. The number of rotatable bonds is 4. The number of hydrogen-bond acceptors (Lipinski definition) is 3. The molecule has 108 valence electrons. The molecule has 0 saturated heterocycles. The molecule has 0 heterocycles. The second-order valence-corrected chi connectivity index (χ2v) is 6.40. The Hall–Kier alpha value is -1.57. The Morgan fingerprint density at radius 2 is 2.15 bits per heavy atom. The van der Waals surface area contributed by atoms with Crippen LogP contribution in [0.25, 0.3) is 0 Å². The molecule has 0 bridgehead atoms. The van der Waals surface area contributed by atoms with Crippen LogP contribution in [0.4, 0.5) is 5.69 Å². The van der Waals surface area contributed by atoms with Crippen LogP contribution in [0.1, 0.15) is 32.8 Å². The van der Waals surface area contributed by atoms with Crippen LogP contribution in [0.15, 0.2) is 18.2 Å². The first kappa shape index (κ1) is 16.5. The lowest BCUT2D eigenvalue weighted by molar-refractivity contribution is -0.120. The van der Waals surface area contributed by atoms with E-state index < -0.39 is 0 Å². The molecule has 3 N–H and O–H groups in total. The molecule has 1 rings (SSSR count). The molecule has 0 spiro atoms. The van der Waals surface area contributed by atoms with Crippen LogP contribution in [0, 0.1) is 22.7 Å². The van der Waals surface area contributed by atoms with E-state index in [1.54, 1.807) is 12.1 Å². The average Bonchev–Trinajstić information content (AvgIpc) is 2.37. The van der Waals surface area contributed by atoms with Gasteiger partial charge in [-0.15, -0.1) is 0 Å². The van der Waals surface area contributed by atoms with Crippen LogP contribution < -0.4 is 11.1 Å². The number of anilines is 1. The van der Waals surface area contributed by atoms with E-state index in [1.807, 2.05) is 6.07 Å². The van der Waals surface area contributed by atoms with Crippen molar-refractivity contribution < 1.29 is 4.79 Å². The van der Waals surface area contributed by atoms with Gasteiger partial charge in [-0.1, -0.05) is 32.4 Å². The SMILES string of the molecule is CC(C)(C)CC(CN)C(=O)Nc1ccc(C#N)cc1Cl. The molecular weight excluding hydrogens is 274 g/mol. The van der Waals surface area contributed by atoms with Gasteiger partial charge in [-0.2, -0.15) is 5.26 Å². The number of carbonyl (C=O) groups is 1. The molecule has 1 unspecified atom stereocenters. The number of benzene rings is 1. The highest BCUT2D eigenvalue weighted by atomic mass is 35.5. The summed E-state index contributed by atoms with van der Waals surface area (Å²) in [6, 6.07) is 6.76. The zero-order chi connectivity index (χ0) is 15.3. The van der Waals surface area contributed by atoms with E-state index in [4.69, 9.17) is 22.6 Å². The first-order valence-electron chi connectivity index (χ1n) is 6.47. The number of nitriles is 1. The Kier molecular flexibility index (Phi) is 5.55. The molecule has 0 aromatic heterocycles. The molecule has 5 heteroatoms. The number of halogens is 1. The molecule has 0 fully saturated rings. The zero-order valence-electron chi connectivity index (χ0n) is 12.0. The van der Waals surface area contributed by atoms with Gasteiger partial charge in [0.25, 0.3) is 0 Å². The third kappa shape index (κ3) is 4.84. The quantitative estimate of drug-likeness (QED) is 0.895. The average molecular weight is 294 g/mol. The van der Waals surface area contributed by atoms with Crippen molar-refractivity contribution >= 4 is 23.2 Å². The lowest BCUT2D eigenvalue weighted by Gasteiger charge is -2.24. The lowest BCUT2D eigenvalue weighted by Crippen LogP contribution is -2.32. The molecule has 0 aliphatic rings. The fourth-order valence-corrected chi connectivity index (χ4v) is 2.17. The maximum absolute atomic E-state index is 12.2. The molecule has 1 atom stereocenters. The van der Waals surface area contributed by atoms with E-state index in [2.05, 4.69) is 26.1 Å². The number of nitrogens with two attached hydrogens (primary N) is 1. The summed E-state index contributed by atoms with van der Waals surface area (Å²) < 4.78 is 0. The number of hydrogen-bond donors (Lipinski definition) is 2. The van der Waals surface area contributed by atoms with Crippen molar-refractivity contribution in [2.45, 2.75) is 27.2 Å². The molecule has 0 saturated carbocycles. The summed E-state index contributed by atoms with van der Waals surface area (Å²) in [5.74, 6) is -0.407. The molecule has 0 aliphatic heterocycles. The van der Waals surface area contributed by atoms with Crippen LogP contribution in [-0.4, -0.2) is 12.5 Å². The van der Waals surface area contributed by atoms with Crippen molar-refractivity contribution in [2.24, 2.45) is 17.1 Å². The number of carbonyl (C=O) groups excluding carboxylic acids is 1. The Labute approximate surface area is 124 Å². The van der Waals surface area contributed by atoms with Crippen molar-refractivity contribution in [1.29, 1.82) is 5.26 Å². The Morgan fingerprint density at radius 1 is 1.50 bits per heavy atom. The monoisotopic (exact) mass is 293 g/mol. The predicted octanol–water partition coefficient (Wildman–Crippen LogP) is 3.16. The number of nitrogens with zero attached hydrogens (tertiary/aromatic N) is 1. The topological polar surface area (TPSA) is 78.9 Å². The molecule has 4 nitrogen and oxygen atoms in total. The molecule has 20 heavy (non-hydrogen) atoms. The Balaban J connectivity index is 2.82. The van der Waals surface area contributed by atoms with Crippen LogP contribution >= 0.6 is 11.6 Å². The minimum Gasteiger partial charge on any atom is -0.330 e. The van der Waals surface area contributed by atoms with Gasteiger partial charge in [0.05, 0.1) is 28.3 Å². The highest BCUT2D eigenvalue weighted by Crippen LogP contribution is 2.27. The maximum atomic E-state index is 12.2. The van der Waals surface area contributed by atoms with E-state index in [-0.39, 0.29) is 23.8 Å². The smallest absolute Gasteiger partial charge is 0.228 e. The zero-order valence-corrected chi connectivity index (χ0v) is 12.8. The summed E-state index contributed by atoms with van der Waals surface area (Å²) in [4.78, 5) is 12.2. The van der Waals surface area contributed by atoms with Crippen LogP contribution in [0.2, 0.25) is 5.02 Å². The van der Waals surface area contributed by atoms with Gasteiger partial charge >= 0.3 is 0 Å². The van der Waals surface area contributed by atoms with Gasteiger partial charge < -0.3 is 11.1 Å². The number of nitrogens with one attached hydrogen (secondary N) is 1. The van der Waals surface area contributed by atoms with E-state index in [0.717, 1.165) is 0 Å². The fraction of sp³-hybridized carbons (Fsp3) is 0.467. The van der Waals surface area contributed by atoms with Crippen LogP contribution in [0.5, 0.6) is 0 Å². The third-order valence-corrected chi connectivity index (χ3v) is 3.18. The van der Waals surface area contributed by atoms with E-state index >= 15 is 0 Å². The Morgan fingerprint density at radius 3 is 2.60 bits per heavy atom. The molecule has 1 amide bonds. The summed E-state index contributed by atoms with van der Waals surface area (Å²) in [5, 5.41) is 11.9. The summed E-state index contributed by atoms with van der Waals surface area (Å²) >= 11 is 6.04. The number of amides is 1. The summed E-state index contributed by atoms with van der Waals surface area (Å²) in [7, 11) is 0. The summed E-state index contributed by atoms with van der Waals surface area (Å²) in [5.41, 5.74) is 6.66. The fourth-order valence-electron chi connectivity index (χ4n) is 1.94. The van der Waals surface area contributed by atoms with E-state index in [9.17, 15) is 4.79 Å². The lowest BCUT2D eigenvalue weighted by atomic mass is 9.84. The van der Waals surface area contributed by atoms with Crippen LogP contribution in [0.3, 0.4) is 0 Å². The summed E-state index contributed by atoms with van der Waals surface area (Å²) in [6.45, 7) is 6.49. The standard InChI is InChI=1S/C15H20ClN3O/c1-15(2,3)7-11(9-18)14(20)19-13-5-4-10(8-17)6-12(13)16/h4-6,11H,7,9,18H2,1-3H3,(H,19,20). The minimum absolute atomic E-state index is 0.0236. The summed E-state index contributed by atoms with van der Waals surface area (Å²) in [6.07, 6.45) is 0.698. The van der Waals surface area contributed by atoms with Gasteiger partial charge in [-0.3, -0.25) is 4.79 Å². The maximum Gasteiger partial charge on any atom is 0.228 e. The molecule has 0 radical (unpaired) electrons.